The van der Waals surface area contributed by atoms with E-state index in [0.29, 0.717) is 16.9 Å². The second-order valence-corrected chi connectivity index (χ2v) is 8.36. The molecule has 0 fully saturated rings. The Hall–Kier alpha value is -4.67. The minimum atomic E-state index is -4.77. The lowest BCUT2D eigenvalue weighted by atomic mass is 10.1. The van der Waals surface area contributed by atoms with Crippen LogP contribution in [0.2, 0.25) is 0 Å². The predicted molar refractivity (Wildman–Crippen MR) is 130 cm³/mol. The topological polar surface area (TPSA) is 65.4 Å². The first kappa shape index (κ1) is 25.0. The maximum Gasteiger partial charge on any atom is 0.573 e. The van der Waals surface area contributed by atoms with E-state index in [1.165, 1.54) is 37.3 Å². The van der Waals surface area contributed by atoms with Crippen molar-refractivity contribution in [3.8, 4) is 11.4 Å². The fraction of sp³-hybridized carbons (Fsp3) is 0.111. The minimum absolute atomic E-state index is 0.0422. The van der Waals surface area contributed by atoms with E-state index in [9.17, 15) is 26.7 Å². The van der Waals surface area contributed by atoms with Crippen LogP contribution in [0.3, 0.4) is 0 Å². The van der Waals surface area contributed by atoms with E-state index in [4.69, 9.17) is 4.74 Å². The number of carbonyl (C=O) groups excluding carboxylic acids is 1. The summed E-state index contributed by atoms with van der Waals surface area (Å²) in [6, 6.07) is 17.2. The molecule has 38 heavy (non-hydrogen) atoms. The van der Waals surface area contributed by atoms with Crippen LogP contribution < -0.4 is 10.1 Å². The summed E-state index contributed by atoms with van der Waals surface area (Å²) >= 11 is 0. The summed E-state index contributed by atoms with van der Waals surface area (Å²) in [5.74, 6) is -1.87. The van der Waals surface area contributed by atoms with E-state index in [1.54, 1.807) is 35.2 Å². The Kier molecular flexibility index (Phi) is 6.35. The molecule has 1 aromatic heterocycles. The molecule has 5 rings (SSSR count). The van der Waals surface area contributed by atoms with E-state index in [2.05, 4.69) is 15.0 Å². The standard InChI is InChI=1S/C27H18F5N3O3/c1-15(21-9-3-17(28)13-23(21)29)37-26(36)34-18-4-10-22-16(12-18)2-11-24-25(22)33-14-35(24)19-5-7-20(8-6-19)38-27(30,31)32/h2-15H,1H3,(H,34,36). The molecule has 4 aromatic carbocycles. The first-order valence-corrected chi connectivity index (χ1v) is 11.3. The quantitative estimate of drug-likeness (QED) is 0.238. The van der Waals surface area contributed by atoms with E-state index in [-0.39, 0.29) is 11.3 Å². The number of carbonyl (C=O) groups is 1. The molecule has 11 heteroatoms. The third kappa shape index (κ3) is 5.22. The van der Waals surface area contributed by atoms with Crippen LogP contribution in [0, 0.1) is 11.6 Å². The van der Waals surface area contributed by atoms with Gasteiger partial charge in [0.2, 0.25) is 0 Å². The van der Waals surface area contributed by atoms with Gasteiger partial charge in [-0.1, -0.05) is 12.1 Å². The second kappa shape index (κ2) is 9.66. The molecule has 6 nitrogen and oxygen atoms in total. The molecule has 0 aliphatic rings. The Labute approximate surface area is 212 Å². The normalized spacial score (nSPS) is 12.5. The van der Waals surface area contributed by atoms with Crippen LogP contribution >= 0.6 is 0 Å². The number of amides is 1. The van der Waals surface area contributed by atoms with Gasteiger partial charge in [0.15, 0.2) is 0 Å². The first-order valence-electron chi connectivity index (χ1n) is 11.3. The Balaban J connectivity index is 1.34. The lowest BCUT2D eigenvalue weighted by Gasteiger charge is -2.15. The number of halogens is 5. The predicted octanol–water partition coefficient (Wildman–Crippen LogP) is 7.67. The van der Waals surface area contributed by atoms with Crippen LogP contribution in [0.1, 0.15) is 18.6 Å². The lowest BCUT2D eigenvalue weighted by Crippen LogP contribution is -2.17. The number of nitrogens with one attached hydrogen (secondary N) is 1. The zero-order valence-electron chi connectivity index (χ0n) is 19.6. The number of imidazole rings is 1. The van der Waals surface area contributed by atoms with Crippen LogP contribution in [-0.2, 0) is 4.74 Å². The molecule has 0 radical (unpaired) electrons. The van der Waals surface area contributed by atoms with Gasteiger partial charge in [0.05, 0.1) is 11.0 Å². The van der Waals surface area contributed by atoms with Crippen molar-refractivity contribution in [1.29, 1.82) is 0 Å². The fourth-order valence-electron chi connectivity index (χ4n) is 4.10. The summed E-state index contributed by atoms with van der Waals surface area (Å²) in [6.07, 6.45) is -4.98. The summed E-state index contributed by atoms with van der Waals surface area (Å²) in [6.45, 7) is 1.47. The largest absolute Gasteiger partial charge is 0.573 e. The Bertz CT molecular complexity index is 1650. The van der Waals surface area contributed by atoms with Crippen molar-refractivity contribution in [2.45, 2.75) is 19.4 Å². The molecule has 0 aliphatic heterocycles. The average molecular weight is 527 g/mol. The molecule has 1 heterocycles. The lowest BCUT2D eigenvalue weighted by molar-refractivity contribution is -0.274. The highest BCUT2D eigenvalue weighted by atomic mass is 19.4. The van der Waals surface area contributed by atoms with Gasteiger partial charge >= 0.3 is 12.5 Å². The molecule has 0 spiro atoms. The van der Waals surface area contributed by atoms with Gasteiger partial charge in [-0.3, -0.25) is 9.88 Å². The molecule has 1 amide bonds. The molecule has 0 aliphatic carbocycles. The van der Waals surface area contributed by atoms with Gasteiger partial charge < -0.3 is 9.47 Å². The number of fused-ring (bicyclic) bond motifs is 3. The number of hydrogen-bond acceptors (Lipinski definition) is 4. The maximum atomic E-state index is 14.0. The second-order valence-electron chi connectivity index (χ2n) is 8.36. The zero-order valence-corrected chi connectivity index (χ0v) is 19.6. The Morgan fingerprint density at radius 3 is 2.45 bits per heavy atom. The van der Waals surface area contributed by atoms with E-state index >= 15 is 0 Å². The first-order chi connectivity index (χ1) is 18.1. The van der Waals surface area contributed by atoms with Gasteiger partial charge in [-0.05, 0) is 66.9 Å². The van der Waals surface area contributed by atoms with Crippen molar-refractivity contribution in [3.63, 3.8) is 0 Å². The number of nitrogens with zero attached hydrogens (tertiary/aromatic N) is 2. The molecule has 5 aromatic rings. The highest BCUT2D eigenvalue weighted by Crippen LogP contribution is 2.30. The summed E-state index contributed by atoms with van der Waals surface area (Å²) in [7, 11) is 0. The van der Waals surface area contributed by atoms with E-state index < -0.39 is 30.2 Å². The van der Waals surface area contributed by atoms with Crippen LogP contribution in [0.5, 0.6) is 5.75 Å². The van der Waals surface area contributed by atoms with Crippen LogP contribution in [-0.4, -0.2) is 22.0 Å². The third-order valence-corrected chi connectivity index (χ3v) is 5.81. The van der Waals surface area contributed by atoms with Gasteiger partial charge in [-0.15, -0.1) is 13.2 Å². The van der Waals surface area contributed by atoms with Crippen molar-refractivity contribution in [2.24, 2.45) is 0 Å². The van der Waals surface area contributed by atoms with E-state index in [0.717, 1.165) is 28.4 Å². The number of anilines is 1. The third-order valence-electron chi connectivity index (χ3n) is 5.81. The molecule has 1 unspecified atom stereocenters. The molecular weight excluding hydrogens is 509 g/mol. The molecule has 0 saturated carbocycles. The highest BCUT2D eigenvalue weighted by Gasteiger charge is 2.31. The van der Waals surface area contributed by atoms with Crippen molar-refractivity contribution in [3.05, 3.63) is 96.3 Å². The summed E-state index contributed by atoms with van der Waals surface area (Å²) in [4.78, 5) is 16.8. The maximum absolute atomic E-state index is 14.0. The van der Waals surface area contributed by atoms with Crippen LogP contribution in [0.15, 0.2) is 79.1 Å². The summed E-state index contributed by atoms with van der Waals surface area (Å²) < 4.78 is 75.3. The monoisotopic (exact) mass is 527 g/mol. The molecule has 194 valence electrons. The number of ether oxygens (including phenoxy) is 2. The smallest absolute Gasteiger partial charge is 0.441 e. The number of aromatic nitrogens is 2. The fourth-order valence-corrected chi connectivity index (χ4v) is 4.10. The number of alkyl halides is 3. The van der Waals surface area contributed by atoms with Crippen molar-refractivity contribution in [1.82, 2.24) is 9.55 Å². The number of benzene rings is 4. The molecule has 0 saturated heterocycles. The van der Waals surface area contributed by atoms with Crippen molar-refractivity contribution < 1.29 is 36.2 Å². The summed E-state index contributed by atoms with van der Waals surface area (Å²) in [5, 5.41) is 4.12. The van der Waals surface area contributed by atoms with Gasteiger partial charge in [-0.2, -0.15) is 0 Å². The van der Waals surface area contributed by atoms with E-state index in [1.807, 2.05) is 6.07 Å². The molecule has 1 atom stereocenters. The van der Waals surface area contributed by atoms with Gasteiger partial charge in [0.25, 0.3) is 0 Å². The number of rotatable bonds is 5. The van der Waals surface area contributed by atoms with Crippen molar-refractivity contribution in [2.75, 3.05) is 5.32 Å². The zero-order chi connectivity index (χ0) is 27.0. The summed E-state index contributed by atoms with van der Waals surface area (Å²) in [5.41, 5.74) is 2.42. The molecule has 0 bridgehead atoms. The van der Waals surface area contributed by atoms with Gasteiger partial charge in [0.1, 0.15) is 29.8 Å². The van der Waals surface area contributed by atoms with Crippen molar-refractivity contribution >= 4 is 33.6 Å². The molecule has 1 N–H and O–H groups in total. The van der Waals surface area contributed by atoms with Crippen LogP contribution in [0.4, 0.5) is 32.4 Å². The SMILES string of the molecule is CC(OC(=O)Nc1ccc2c(ccc3c2ncn3-c2ccc(OC(F)(F)F)cc2)c1)c1ccc(F)cc1F. The Morgan fingerprint density at radius 2 is 1.74 bits per heavy atom. The van der Waals surface area contributed by atoms with Gasteiger partial charge in [-0.25, -0.2) is 18.6 Å². The van der Waals surface area contributed by atoms with Gasteiger partial charge in [0, 0.05) is 28.4 Å². The average Bonchev–Trinajstić information content (AvgIpc) is 3.28. The van der Waals surface area contributed by atoms with Crippen LogP contribution in [0.25, 0.3) is 27.5 Å². The highest BCUT2D eigenvalue weighted by molar-refractivity contribution is 6.06. The minimum Gasteiger partial charge on any atom is -0.441 e. The molecular formula is C27H18F5N3O3. The number of hydrogen-bond donors (Lipinski definition) is 1. The Morgan fingerprint density at radius 1 is 0.974 bits per heavy atom.